The molecule has 1 saturated heterocycles. The van der Waals surface area contributed by atoms with Crippen molar-refractivity contribution < 1.29 is 23.1 Å². The van der Waals surface area contributed by atoms with Crippen LogP contribution in [0.2, 0.25) is 0 Å². The van der Waals surface area contributed by atoms with Gasteiger partial charge in [0.1, 0.15) is 12.0 Å². The first-order valence-electron chi connectivity index (χ1n) is 18.6. The third kappa shape index (κ3) is 20.6. The lowest BCUT2D eigenvalue weighted by molar-refractivity contribution is -0.120. The average Bonchev–Trinajstić information content (AvgIpc) is 3.63. The van der Waals surface area contributed by atoms with Crippen LogP contribution in [-0.4, -0.2) is 48.3 Å². The van der Waals surface area contributed by atoms with Crippen LogP contribution in [0.3, 0.4) is 0 Å². The van der Waals surface area contributed by atoms with E-state index in [-0.39, 0.29) is 37.4 Å². The van der Waals surface area contributed by atoms with E-state index in [4.69, 9.17) is 13.8 Å². The fourth-order valence-electron chi connectivity index (χ4n) is 4.97. The summed E-state index contributed by atoms with van der Waals surface area (Å²) in [6.45, 7) is 4.33. The highest BCUT2D eigenvalue weighted by atomic mass is 31.2. The van der Waals surface area contributed by atoms with Crippen LogP contribution < -0.4 is 26.4 Å². The Bertz CT molecular complexity index is 1580. The fraction of sp³-hybridized carbons (Fsp3) is 0.439. The quantitative estimate of drug-likeness (QED) is 0.0549. The first kappa shape index (κ1) is 45.0. The molecule has 1 aliphatic rings. The molecule has 3 unspecified atom stereocenters. The predicted octanol–water partition coefficient (Wildman–Crippen LogP) is 8.19. The summed E-state index contributed by atoms with van der Waals surface area (Å²) >= 11 is 0. The van der Waals surface area contributed by atoms with Crippen molar-refractivity contribution in [3.8, 4) is 5.75 Å². The minimum absolute atomic E-state index is 0.0000319. The Hall–Kier alpha value is -4.12. The second-order valence-corrected chi connectivity index (χ2v) is 13.7. The zero-order valence-corrected chi connectivity index (χ0v) is 32.6. The Morgan fingerprint density at radius 2 is 1.47 bits per heavy atom. The third-order valence-corrected chi connectivity index (χ3v) is 9.20. The summed E-state index contributed by atoms with van der Waals surface area (Å²) in [5.41, 5.74) is 4.76. The van der Waals surface area contributed by atoms with E-state index in [1.807, 2.05) is 12.1 Å². The number of carbonyl (C=O) groups excluding carboxylic acids is 1. The molecule has 0 radical (unpaired) electrons. The van der Waals surface area contributed by atoms with Gasteiger partial charge in [0.15, 0.2) is 0 Å². The summed E-state index contributed by atoms with van der Waals surface area (Å²) in [6.07, 6.45) is 34.6. The number of hydrogen-bond acceptors (Lipinski definition) is 8. The van der Waals surface area contributed by atoms with Crippen molar-refractivity contribution >= 4 is 13.7 Å². The molecule has 2 aromatic rings. The summed E-state index contributed by atoms with van der Waals surface area (Å²) in [7, 11) is -2.31. The smallest absolute Gasteiger partial charge is 0.413 e. The van der Waals surface area contributed by atoms with Gasteiger partial charge in [-0.25, -0.2) is 14.4 Å². The maximum absolute atomic E-state index is 13.7. The number of carbonyl (C=O) groups is 1. The van der Waals surface area contributed by atoms with Crippen LogP contribution in [0, 0.1) is 6.92 Å². The van der Waals surface area contributed by atoms with E-state index in [2.05, 4.69) is 94.9 Å². The lowest BCUT2D eigenvalue weighted by Crippen LogP contribution is -2.32. The van der Waals surface area contributed by atoms with Crippen LogP contribution in [0.4, 0.5) is 0 Å². The van der Waals surface area contributed by atoms with Crippen LogP contribution in [0.1, 0.15) is 83.1 Å². The van der Waals surface area contributed by atoms with E-state index in [1.54, 1.807) is 43.5 Å². The average molecular weight is 750 g/mol. The highest BCUT2D eigenvalue weighted by Crippen LogP contribution is 2.45. The van der Waals surface area contributed by atoms with Gasteiger partial charge < -0.3 is 20.3 Å². The van der Waals surface area contributed by atoms with Gasteiger partial charge in [0.2, 0.25) is 5.91 Å². The highest BCUT2D eigenvalue weighted by Gasteiger charge is 2.32. The van der Waals surface area contributed by atoms with Gasteiger partial charge in [0.05, 0.1) is 12.7 Å². The van der Waals surface area contributed by atoms with Crippen LogP contribution >= 0.6 is 7.75 Å². The van der Waals surface area contributed by atoms with Gasteiger partial charge in [-0.15, -0.1) is 0 Å². The number of para-hydroxylation sites is 1. The van der Waals surface area contributed by atoms with E-state index in [1.165, 1.54) is 11.6 Å². The van der Waals surface area contributed by atoms with Crippen LogP contribution in [-0.2, 0) is 18.6 Å². The predicted molar refractivity (Wildman–Crippen MR) is 216 cm³/mol. The Kier molecular flexibility index (Phi) is 24.1. The van der Waals surface area contributed by atoms with E-state index in [9.17, 15) is 14.2 Å². The van der Waals surface area contributed by atoms with Crippen LogP contribution in [0.15, 0.2) is 120 Å². The number of aromatic nitrogens is 2. The summed E-state index contributed by atoms with van der Waals surface area (Å²) in [5, 5.41) is 5.70. The van der Waals surface area contributed by atoms with Gasteiger partial charge in [0, 0.05) is 31.4 Å². The number of nitrogens with two attached hydrogens (primary N) is 1. The molecular weight excluding hydrogens is 689 g/mol. The topological polar surface area (TPSA) is 147 Å². The van der Waals surface area contributed by atoms with Gasteiger partial charge in [-0.1, -0.05) is 98.0 Å². The summed E-state index contributed by atoms with van der Waals surface area (Å²) in [4.78, 5) is 28.6. The van der Waals surface area contributed by atoms with Crippen molar-refractivity contribution in [3.05, 3.63) is 132 Å². The Balaban J connectivity index is 0.00000477. The standard InChI is InChI=1S/C40H55N4O6P.CH5N/c1-3-4-5-6-7-8-9-10-11-12-13-14-15-16-17-18-19-20-24-27-38(45)41-31-32-42-51(47,50-36-25-22-21-23-26-36)48-34-37-28-29-39(49-37)44-33-30-35(2)43-40(44)46;1-2/h4-5,7-8,10-11,13-14,16-17,19-23,25-26,30,33,37,39H,3,6,9,12,15,18,24,27-29,31-32,34H2,1-2H3,(H,41,45)(H,42,47);2H2,1H3/b5-4-,8-7-,11-10-,14-13-,17-16-,20-19-;. The van der Waals surface area contributed by atoms with Gasteiger partial charge in [-0.05, 0) is 90.0 Å². The molecule has 53 heavy (non-hydrogen) atoms. The Labute approximate surface area is 316 Å². The van der Waals surface area contributed by atoms with E-state index < -0.39 is 14.0 Å². The molecule has 1 aliphatic heterocycles. The number of allylic oxidation sites excluding steroid dienone is 12. The number of nitrogens with one attached hydrogen (secondary N) is 2. The molecule has 12 heteroatoms. The molecule has 290 valence electrons. The molecule has 1 fully saturated rings. The molecular formula is C41H60N5O6P. The minimum atomic E-state index is -3.81. The van der Waals surface area contributed by atoms with E-state index in [0.29, 0.717) is 37.1 Å². The molecule has 0 bridgehead atoms. The maximum Gasteiger partial charge on any atom is 0.458 e. The normalized spacial score (nSPS) is 17.4. The zero-order valence-electron chi connectivity index (χ0n) is 31.7. The Morgan fingerprint density at radius 1 is 0.887 bits per heavy atom. The lowest BCUT2D eigenvalue weighted by Gasteiger charge is -2.22. The van der Waals surface area contributed by atoms with E-state index in [0.717, 1.165) is 38.5 Å². The Morgan fingerprint density at radius 3 is 2.06 bits per heavy atom. The molecule has 1 aromatic heterocycles. The second kappa shape index (κ2) is 28.4. The third-order valence-electron chi connectivity index (χ3n) is 7.65. The molecule has 0 aliphatic carbocycles. The number of benzene rings is 1. The summed E-state index contributed by atoms with van der Waals surface area (Å²) < 4.78 is 32.7. The number of amides is 1. The first-order valence-corrected chi connectivity index (χ1v) is 20.1. The first-order chi connectivity index (χ1) is 25.9. The largest absolute Gasteiger partial charge is 0.458 e. The highest BCUT2D eigenvalue weighted by molar-refractivity contribution is 7.52. The minimum Gasteiger partial charge on any atom is -0.413 e. The van der Waals surface area contributed by atoms with Gasteiger partial charge >= 0.3 is 13.4 Å². The van der Waals surface area contributed by atoms with Crippen molar-refractivity contribution in [1.29, 1.82) is 0 Å². The molecule has 3 rings (SSSR count). The monoisotopic (exact) mass is 749 g/mol. The van der Waals surface area contributed by atoms with Gasteiger partial charge in [-0.3, -0.25) is 13.9 Å². The van der Waals surface area contributed by atoms with E-state index >= 15 is 0 Å². The number of hydrogen-bond donors (Lipinski definition) is 3. The molecule has 0 spiro atoms. The molecule has 4 N–H and O–H groups in total. The van der Waals surface area contributed by atoms with Crippen molar-refractivity contribution in [2.45, 2.75) is 90.4 Å². The van der Waals surface area contributed by atoms with Crippen molar-refractivity contribution in [2.75, 3.05) is 26.7 Å². The number of aryl methyl sites for hydroxylation is 1. The molecule has 0 saturated carbocycles. The van der Waals surface area contributed by atoms with Crippen molar-refractivity contribution in [2.24, 2.45) is 5.73 Å². The SMILES string of the molecule is CC/C=C\C/C=C\C/C=C\C/C=C\C/C=C\C/C=C\CCC(=O)NCCNP(=O)(OCC1CCC(n2ccc(C)nc2=O)O1)Oc1ccccc1.CN. The van der Waals surface area contributed by atoms with Gasteiger partial charge in [0.25, 0.3) is 0 Å². The fourth-order valence-corrected chi connectivity index (χ4v) is 6.33. The molecule has 11 nitrogen and oxygen atoms in total. The summed E-state index contributed by atoms with van der Waals surface area (Å²) in [5.74, 6) is 0.290. The molecule has 1 amide bonds. The number of ether oxygens (including phenoxy) is 1. The molecule has 1 aromatic carbocycles. The molecule has 3 atom stereocenters. The second-order valence-electron chi connectivity index (χ2n) is 12.0. The summed E-state index contributed by atoms with van der Waals surface area (Å²) in [6, 6.07) is 10.5. The number of rotatable bonds is 24. The van der Waals surface area contributed by atoms with Crippen molar-refractivity contribution in [3.63, 3.8) is 0 Å². The van der Waals surface area contributed by atoms with Crippen LogP contribution in [0.5, 0.6) is 5.75 Å². The maximum atomic E-state index is 13.7. The van der Waals surface area contributed by atoms with Crippen LogP contribution in [0.25, 0.3) is 0 Å². The van der Waals surface area contributed by atoms with Gasteiger partial charge in [-0.2, -0.15) is 4.98 Å². The number of nitrogens with zero attached hydrogens (tertiary/aromatic N) is 2. The zero-order chi connectivity index (χ0) is 38.4. The lowest BCUT2D eigenvalue weighted by atomic mass is 10.2. The molecule has 2 heterocycles. The van der Waals surface area contributed by atoms with Crippen molar-refractivity contribution in [1.82, 2.24) is 20.0 Å².